The Labute approximate surface area is 170 Å². The summed E-state index contributed by atoms with van der Waals surface area (Å²) < 4.78 is 25.1. The Morgan fingerprint density at radius 3 is 2.41 bits per heavy atom. The number of carbonyl (C=O) groups is 1. The predicted octanol–water partition coefficient (Wildman–Crippen LogP) is 3.26. The fourth-order valence-corrected chi connectivity index (χ4v) is 4.39. The average Bonchev–Trinajstić information content (AvgIpc) is 3.30. The highest BCUT2D eigenvalue weighted by atomic mass is 32.2. The van der Waals surface area contributed by atoms with Crippen molar-refractivity contribution in [3.05, 3.63) is 77.1 Å². The number of nitrogens with zero attached hydrogens (tertiary/aromatic N) is 2. The molecular formula is C22H23N3O3S. The van der Waals surface area contributed by atoms with Crippen LogP contribution in [0.5, 0.6) is 0 Å². The van der Waals surface area contributed by atoms with Crippen molar-refractivity contribution in [3.63, 3.8) is 0 Å². The van der Waals surface area contributed by atoms with Crippen LogP contribution in [-0.4, -0.2) is 30.4 Å². The molecular weight excluding hydrogens is 386 g/mol. The standard InChI is InChI=1S/C22H23N3O3S/c1-15(16-11-13-18(14-12-16)29(2,27)28)23-22(26)21-19-9-6-10-20(19)25(24-21)17-7-4-3-5-8-17/h3-5,7-8,11-15H,6,9-10H2,1-2H3,(H,23,26)/t15-/m1/s1. The molecule has 7 heteroatoms. The van der Waals surface area contributed by atoms with E-state index < -0.39 is 9.84 Å². The summed E-state index contributed by atoms with van der Waals surface area (Å²) in [4.78, 5) is 13.2. The van der Waals surface area contributed by atoms with Gasteiger partial charge < -0.3 is 5.32 Å². The number of sulfone groups is 1. The van der Waals surface area contributed by atoms with E-state index in [9.17, 15) is 13.2 Å². The second kappa shape index (κ2) is 7.48. The molecule has 1 heterocycles. The summed E-state index contributed by atoms with van der Waals surface area (Å²) in [7, 11) is -3.24. The molecule has 1 aromatic heterocycles. The number of nitrogens with one attached hydrogen (secondary N) is 1. The van der Waals surface area contributed by atoms with Crippen molar-refractivity contribution in [1.82, 2.24) is 15.1 Å². The van der Waals surface area contributed by atoms with E-state index in [0.717, 1.165) is 41.8 Å². The molecule has 0 saturated carbocycles. The van der Waals surface area contributed by atoms with Gasteiger partial charge in [0.25, 0.3) is 5.91 Å². The molecule has 0 bridgehead atoms. The van der Waals surface area contributed by atoms with Crippen LogP contribution in [0.25, 0.3) is 5.69 Å². The molecule has 0 radical (unpaired) electrons. The summed E-state index contributed by atoms with van der Waals surface area (Å²) in [6.45, 7) is 1.88. The van der Waals surface area contributed by atoms with Gasteiger partial charge in [-0.3, -0.25) is 4.79 Å². The molecule has 0 unspecified atom stereocenters. The van der Waals surface area contributed by atoms with Crippen LogP contribution in [0.4, 0.5) is 0 Å². The Bertz CT molecular complexity index is 1150. The number of carbonyl (C=O) groups excluding carboxylic acids is 1. The molecule has 1 atom stereocenters. The zero-order valence-corrected chi connectivity index (χ0v) is 17.2. The third kappa shape index (κ3) is 3.82. The number of hydrogen-bond donors (Lipinski definition) is 1. The quantitative estimate of drug-likeness (QED) is 0.701. The summed E-state index contributed by atoms with van der Waals surface area (Å²) in [6, 6.07) is 16.2. The monoisotopic (exact) mass is 409 g/mol. The fourth-order valence-electron chi connectivity index (χ4n) is 3.75. The SMILES string of the molecule is C[C@@H](NC(=O)c1nn(-c2ccccc2)c2c1CCC2)c1ccc(S(C)(=O)=O)cc1. The van der Waals surface area contributed by atoms with Crippen LogP contribution in [0, 0.1) is 0 Å². The maximum Gasteiger partial charge on any atom is 0.272 e. The summed E-state index contributed by atoms with van der Waals surface area (Å²) in [5, 5.41) is 7.62. The molecule has 1 aliphatic carbocycles. The van der Waals surface area contributed by atoms with Crippen LogP contribution in [0.3, 0.4) is 0 Å². The van der Waals surface area contributed by atoms with E-state index in [2.05, 4.69) is 10.4 Å². The predicted molar refractivity (Wildman–Crippen MR) is 111 cm³/mol. The number of para-hydroxylation sites is 1. The molecule has 29 heavy (non-hydrogen) atoms. The Kier molecular flexibility index (Phi) is 5.00. The lowest BCUT2D eigenvalue weighted by Gasteiger charge is -2.14. The molecule has 1 amide bonds. The van der Waals surface area contributed by atoms with Gasteiger partial charge in [0.2, 0.25) is 0 Å². The lowest BCUT2D eigenvalue weighted by Crippen LogP contribution is -2.28. The topological polar surface area (TPSA) is 81.1 Å². The third-order valence-electron chi connectivity index (χ3n) is 5.30. The van der Waals surface area contributed by atoms with Crippen molar-refractivity contribution in [2.45, 2.75) is 37.1 Å². The maximum absolute atomic E-state index is 13.0. The van der Waals surface area contributed by atoms with E-state index >= 15 is 0 Å². The van der Waals surface area contributed by atoms with Gasteiger partial charge in [-0.05, 0) is 56.0 Å². The second-order valence-electron chi connectivity index (χ2n) is 7.41. The van der Waals surface area contributed by atoms with E-state index in [4.69, 9.17) is 0 Å². The summed E-state index contributed by atoms with van der Waals surface area (Å²) in [5.41, 5.74) is 4.39. The maximum atomic E-state index is 13.0. The minimum absolute atomic E-state index is 0.211. The highest BCUT2D eigenvalue weighted by Gasteiger charge is 2.27. The Morgan fingerprint density at radius 2 is 1.76 bits per heavy atom. The molecule has 1 aliphatic rings. The number of amides is 1. The Morgan fingerprint density at radius 1 is 1.07 bits per heavy atom. The summed E-state index contributed by atoms with van der Waals surface area (Å²) >= 11 is 0. The van der Waals surface area contributed by atoms with Gasteiger partial charge in [0.05, 0.1) is 16.6 Å². The van der Waals surface area contributed by atoms with Crippen LogP contribution in [0.15, 0.2) is 59.5 Å². The molecule has 0 saturated heterocycles. The molecule has 1 N–H and O–H groups in total. The van der Waals surface area contributed by atoms with Crippen molar-refractivity contribution < 1.29 is 13.2 Å². The number of aromatic nitrogens is 2. The smallest absolute Gasteiger partial charge is 0.272 e. The van der Waals surface area contributed by atoms with Crippen molar-refractivity contribution in [1.29, 1.82) is 0 Å². The molecule has 150 valence electrons. The average molecular weight is 410 g/mol. The third-order valence-corrected chi connectivity index (χ3v) is 6.43. The molecule has 3 aromatic rings. The van der Waals surface area contributed by atoms with Gasteiger partial charge in [-0.1, -0.05) is 30.3 Å². The summed E-state index contributed by atoms with van der Waals surface area (Å²) in [5.74, 6) is -0.211. The first-order chi connectivity index (χ1) is 13.8. The highest BCUT2D eigenvalue weighted by Crippen LogP contribution is 2.28. The van der Waals surface area contributed by atoms with Crippen molar-refractivity contribution in [2.75, 3.05) is 6.26 Å². The Hall–Kier alpha value is -2.93. The van der Waals surface area contributed by atoms with Gasteiger partial charge in [-0.25, -0.2) is 13.1 Å². The van der Waals surface area contributed by atoms with E-state index in [-0.39, 0.29) is 16.8 Å². The van der Waals surface area contributed by atoms with Crippen molar-refractivity contribution in [3.8, 4) is 5.69 Å². The molecule has 0 fully saturated rings. The number of hydrogen-bond acceptors (Lipinski definition) is 4. The van der Waals surface area contributed by atoms with Crippen molar-refractivity contribution in [2.24, 2.45) is 0 Å². The van der Waals surface area contributed by atoms with Gasteiger partial charge in [-0.2, -0.15) is 5.10 Å². The highest BCUT2D eigenvalue weighted by molar-refractivity contribution is 7.90. The minimum Gasteiger partial charge on any atom is -0.344 e. The number of fused-ring (bicyclic) bond motifs is 1. The van der Waals surface area contributed by atoms with E-state index in [0.29, 0.717) is 5.69 Å². The second-order valence-corrected chi connectivity index (χ2v) is 9.43. The molecule has 6 nitrogen and oxygen atoms in total. The van der Waals surface area contributed by atoms with E-state index in [1.807, 2.05) is 41.9 Å². The van der Waals surface area contributed by atoms with Crippen LogP contribution in [0.2, 0.25) is 0 Å². The number of benzene rings is 2. The first-order valence-electron chi connectivity index (χ1n) is 9.61. The van der Waals surface area contributed by atoms with Gasteiger partial charge in [0.1, 0.15) is 0 Å². The van der Waals surface area contributed by atoms with Gasteiger partial charge in [0.15, 0.2) is 15.5 Å². The van der Waals surface area contributed by atoms with Crippen LogP contribution in [0.1, 0.15) is 46.7 Å². The molecule has 4 rings (SSSR count). The first-order valence-corrected chi connectivity index (χ1v) is 11.5. The van der Waals surface area contributed by atoms with Gasteiger partial charge in [-0.15, -0.1) is 0 Å². The lowest BCUT2D eigenvalue weighted by atomic mass is 10.1. The minimum atomic E-state index is -3.24. The first kappa shape index (κ1) is 19.4. The molecule has 2 aromatic carbocycles. The van der Waals surface area contributed by atoms with E-state index in [1.165, 1.54) is 6.26 Å². The largest absolute Gasteiger partial charge is 0.344 e. The molecule has 0 aliphatic heterocycles. The normalized spacial score (nSPS) is 14.4. The van der Waals surface area contributed by atoms with Gasteiger partial charge in [0, 0.05) is 17.5 Å². The summed E-state index contributed by atoms with van der Waals surface area (Å²) in [6.07, 6.45) is 3.95. The van der Waals surface area contributed by atoms with Crippen LogP contribution in [-0.2, 0) is 22.7 Å². The van der Waals surface area contributed by atoms with Crippen LogP contribution < -0.4 is 5.32 Å². The van der Waals surface area contributed by atoms with E-state index in [1.54, 1.807) is 24.3 Å². The zero-order valence-electron chi connectivity index (χ0n) is 16.4. The lowest BCUT2D eigenvalue weighted by molar-refractivity contribution is 0.0933. The van der Waals surface area contributed by atoms with Crippen molar-refractivity contribution >= 4 is 15.7 Å². The molecule has 0 spiro atoms. The Balaban J connectivity index is 1.58. The fraction of sp³-hybridized carbons (Fsp3) is 0.273. The zero-order chi connectivity index (χ0) is 20.6. The number of rotatable bonds is 5. The van der Waals surface area contributed by atoms with Gasteiger partial charge >= 0.3 is 0 Å². The van der Waals surface area contributed by atoms with Crippen LogP contribution >= 0.6 is 0 Å².